The minimum Gasteiger partial charge on any atom is -0.464 e. The molecule has 8 nitrogen and oxygen atoms in total. The fraction of sp³-hybridized carbons (Fsp3) is 0.913. The number of nitrogens with zero attached hydrogens (tertiary/aromatic N) is 2. The number of piperazine rings is 2. The van der Waals surface area contributed by atoms with Gasteiger partial charge in [0.25, 0.3) is 0 Å². The van der Waals surface area contributed by atoms with Crippen molar-refractivity contribution in [1.82, 2.24) is 20.4 Å². The van der Waals surface area contributed by atoms with Crippen molar-refractivity contribution in [2.24, 2.45) is 56.7 Å². The molecule has 5 aliphatic carbocycles. The van der Waals surface area contributed by atoms with Crippen LogP contribution >= 0.6 is 0 Å². The molecule has 12 atom stereocenters. The van der Waals surface area contributed by atoms with Gasteiger partial charge in [-0.05, 0) is 130 Å². The zero-order chi connectivity index (χ0) is 38.7. The van der Waals surface area contributed by atoms with Gasteiger partial charge in [-0.1, -0.05) is 60.6 Å². The Bertz CT molecular complexity index is 1390. The molecule has 0 aromatic rings. The number of ether oxygens (including phenoxy) is 2. The molecule has 7 unspecified atom stereocenters. The van der Waals surface area contributed by atoms with E-state index in [2.05, 4.69) is 82.4 Å². The maximum Gasteiger partial charge on any atom is 0.323 e. The molecule has 0 aromatic carbocycles. The van der Waals surface area contributed by atoms with Crippen LogP contribution in [0.4, 0.5) is 0 Å². The van der Waals surface area contributed by atoms with Crippen molar-refractivity contribution in [3.8, 4) is 0 Å². The molecule has 8 heteroatoms. The first-order chi connectivity index (χ1) is 25.7. The van der Waals surface area contributed by atoms with Crippen molar-refractivity contribution >= 4 is 11.9 Å². The van der Waals surface area contributed by atoms with Crippen molar-refractivity contribution in [3.63, 3.8) is 0 Å². The monoisotopic (exact) mass is 751 g/mol. The molecular weight excluding hydrogens is 673 g/mol. The summed E-state index contributed by atoms with van der Waals surface area (Å²) in [5, 5.41) is 6.87. The molecule has 0 aromatic heterocycles. The van der Waals surface area contributed by atoms with E-state index >= 15 is 0 Å². The van der Waals surface area contributed by atoms with Crippen LogP contribution in [0.3, 0.4) is 0 Å². The van der Waals surface area contributed by atoms with Crippen LogP contribution in [0.1, 0.15) is 132 Å². The quantitative estimate of drug-likeness (QED) is 0.176. The molecule has 7 fully saturated rings. The van der Waals surface area contributed by atoms with Crippen molar-refractivity contribution in [3.05, 3.63) is 12.2 Å². The maximum absolute atomic E-state index is 13.8. The summed E-state index contributed by atoms with van der Waals surface area (Å²) in [6, 6.07) is -0.274. The van der Waals surface area contributed by atoms with Crippen LogP contribution in [0.15, 0.2) is 12.2 Å². The zero-order valence-electron chi connectivity index (χ0n) is 35.7. The molecule has 2 heterocycles. The summed E-state index contributed by atoms with van der Waals surface area (Å²) < 4.78 is 13.1. The van der Waals surface area contributed by atoms with Gasteiger partial charge in [-0.25, -0.2) is 0 Å². The van der Waals surface area contributed by atoms with Crippen LogP contribution in [-0.2, 0) is 19.1 Å². The standard InChI is InChI=1S/C46H78N4O4/c1-10-34(49-26-22-47-23-27-49)40(51)53-30-46-19-14-32(31(3)4)39(46)33-12-13-37-43(7)17-16-38(54-41(52)35(11-2)50-28-24-48-25-29-50)42(5,6)36(43)15-18-45(37,9)44(33,8)20-21-46/h32-39,47-48H,3,10-30H2,1-2,4-9H3/t32?,33?,34?,35?,36?,37?,38-,39?,43-,44+,45+,46+/m0/s1. The van der Waals surface area contributed by atoms with E-state index in [-0.39, 0.29) is 57.2 Å². The van der Waals surface area contributed by atoms with Gasteiger partial charge in [0.1, 0.15) is 18.2 Å². The van der Waals surface area contributed by atoms with E-state index in [0.717, 1.165) is 90.9 Å². The number of esters is 2. The average Bonchev–Trinajstić information content (AvgIpc) is 3.54. The first-order valence-electron chi connectivity index (χ1n) is 22.6. The van der Waals surface area contributed by atoms with Crippen LogP contribution in [0.25, 0.3) is 0 Å². The summed E-state index contributed by atoms with van der Waals surface area (Å²) >= 11 is 0. The van der Waals surface area contributed by atoms with Crippen LogP contribution in [0, 0.1) is 56.7 Å². The second-order valence-electron chi connectivity index (χ2n) is 20.9. The third kappa shape index (κ3) is 6.55. The van der Waals surface area contributed by atoms with E-state index in [4.69, 9.17) is 9.47 Å². The lowest BCUT2D eigenvalue weighted by molar-refractivity contribution is -0.252. The first kappa shape index (κ1) is 40.7. The number of hydrogen-bond acceptors (Lipinski definition) is 8. The van der Waals surface area contributed by atoms with Gasteiger partial charge >= 0.3 is 11.9 Å². The number of allylic oxidation sites excluding steroid dienone is 1. The highest BCUT2D eigenvalue weighted by Gasteiger charge is 2.71. The number of rotatable bonds is 10. The lowest BCUT2D eigenvalue weighted by Gasteiger charge is -2.73. The third-order valence-corrected chi connectivity index (χ3v) is 18.4. The molecule has 0 bridgehead atoms. The van der Waals surface area contributed by atoms with Gasteiger partial charge in [0, 0.05) is 63.2 Å². The summed E-state index contributed by atoms with van der Waals surface area (Å²) in [6.45, 7) is 32.1. The lowest BCUT2D eigenvalue weighted by Crippen LogP contribution is -2.67. The maximum atomic E-state index is 13.8. The van der Waals surface area contributed by atoms with E-state index in [1.54, 1.807) is 0 Å². The van der Waals surface area contributed by atoms with Gasteiger partial charge in [0.2, 0.25) is 0 Å². The summed E-state index contributed by atoms with van der Waals surface area (Å²) in [7, 11) is 0. The molecule has 306 valence electrons. The Kier molecular flexibility index (Phi) is 11.6. The highest BCUT2D eigenvalue weighted by atomic mass is 16.5. The summed E-state index contributed by atoms with van der Waals surface area (Å²) in [5.41, 5.74) is 2.04. The topological polar surface area (TPSA) is 83.1 Å². The number of fused-ring (bicyclic) bond motifs is 7. The fourth-order valence-electron chi connectivity index (χ4n) is 15.4. The Morgan fingerprint density at radius 2 is 1.33 bits per heavy atom. The second kappa shape index (κ2) is 15.4. The highest BCUT2D eigenvalue weighted by molar-refractivity contribution is 5.76. The number of nitrogens with one attached hydrogen (secondary N) is 2. The molecule has 0 radical (unpaired) electrons. The van der Waals surface area contributed by atoms with Crippen LogP contribution in [0.5, 0.6) is 0 Å². The molecule has 54 heavy (non-hydrogen) atoms. The molecule has 0 amide bonds. The van der Waals surface area contributed by atoms with Crippen LogP contribution in [-0.4, -0.2) is 98.9 Å². The van der Waals surface area contributed by atoms with E-state index in [1.165, 1.54) is 44.1 Å². The Labute approximate surface area is 329 Å². The molecule has 7 aliphatic rings. The van der Waals surface area contributed by atoms with Gasteiger partial charge < -0.3 is 20.1 Å². The van der Waals surface area contributed by atoms with Crippen LogP contribution in [0.2, 0.25) is 0 Å². The summed E-state index contributed by atoms with van der Waals surface area (Å²) in [4.78, 5) is 32.3. The van der Waals surface area contributed by atoms with E-state index in [0.29, 0.717) is 36.2 Å². The van der Waals surface area contributed by atoms with Gasteiger partial charge in [0.15, 0.2) is 0 Å². The normalized spacial score (nSPS) is 43.4. The second-order valence-corrected chi connectivity index (χ2v) is 20.9. The average molecular weight is 751 g/mol. The van der Waals surface area contributed by atoms with Crippen LogP contribution < -0.4 is 10.6 Å². The molecular formula is C46H78N4O4. The van der Waals surface area contributed by atoms with E-state index in [1.807, 2.05) is 0 Å². The SMILES string of the molecule is C=C(C)C1CC[C@]2(COC(=O)C(CC)N3CCNCC3)CC[C@]3(C)C(CCC4[C@@]5(C)CC[C@H](OC(=O)C(CC)N6CCNCC6)C(C)(C)C5CC[C@]43C)C12. The Morgan fingerprint density at radius 3 is 1.93 bits per heavy atom. The summed E-state index contributed by atoms with van der Waals surface area (Å²) in [6.07, 6.45) is 13.4. The van der Waals surface area contributed by atoms with Crippen molar-refractivity contribution in [2.45, 2.75) is 151 Å². The zero-order valence-corrected chi connectivity index (χ0v) is 35.7. The predicted octanol–water partition coefficient (Wildman–Crippen LogP) is 7.47. The Balaban J connectivity index is 1.09. The van der Waals surface area contributed by atoms with Crippen molar-refractivity contribution < 1.29 is 19.1 Å². The minimum atomic E-state index is -0.137. The predicted molar refractivity (Wildman–Crippen MR) is 217 cm³/mol. The van der Waals surface area contributed by atoms with Crippen molar-refractivity contribution in [1.29, 1.82) is 0 Å². The molecule has 2 saturated heterocycles. The number of hydrogen-bond donors (Lipinski definition) is 2. The van der Waals surface area contributed by atoms with Gasteiger partial charge in [0.05, 0.1) is 6.61 Å². The molecule has 0 spiro atoms. The summed E-state index contributed by atoms with van der Waals surface area (Å²) in [5.74, 6) is 2.85. The van der Waals surface area contributed by atoms with Gasteiger partial charge in [-0.2, -0.15) is 0 Å². The van der Waals surface area contributed by atoms with E-state index < -0.39 is 0 Å². The minimum absolute atomic E-state index is 0.000501. The van der Waals surface area contributed by atoms with Crippen molar-refractivity contribution in [2.75, 3.05) is 59.0 Å². The smallest absolute Gasteiger partial charge is 0.323 e. The lowest BCUT2D eigenvalue weighted by atomic mass is 9.32. The Hall–Kier alpha value is -1.48. The molecule has 2 N–H and O–H groups in total. The van der Waals surface area contributed by atoms with Gasteiger partial charge in [-0.15, -0.1) is 0 Å². The highest BCUT2D eigenvalue weighted by Crippen LogP contribution is 2.77. The molecule has 7 rings (SSSR count). The molecule has 5 saturated carbocycles. The first-order valence-corrected chi connectivity index (χ1v) is 22.6. The number of carbonyl (C=O) groups excluding carboxylic acids is 2. The molecule has 2 aliphatic heterocycles. The Morgan fingerprint density at radius 1 is 0.722 bits per heavy atom. The van der Waals surface area contributed by atoms with Gasteiger partial charge in [-0.3, -0.25) is 19.4 Å². The number of carbonyl (C=O) groups is 2. The largest absolute Gasteiger partial charge is 0.464 e. The third-order valence-electron chi connectivity index (χ3n) is 18.4. The fourth-order valence-corrected chi connectivity index (χ4v) is 15.4. The van der Waals surface area contributed by atoms with E-state index in [9.17, 15) is 9.59 Å².